The smallest absolute Gasteiger partial charge is 0.255 e. The van der Waals surface area contributed by atoms with Crippen molar-refractivity contribution in [1.82, 2.24) is 9.80 Å². The maximum absolute atomic E-state index is 12.7. The van der Waals surface area contributed by atoms with Gasteiger partial charge in [-0.2, -0.15) is 0 Å². The average molecular weight is 401 g/mol. The molecule has 0 radical (unpaired) electrons. The van der Waals surface area contributed by atoms with Crippen molar-refractivity contribution in [3.8, 4) is 5.75 Å². The van der Waals surface area contributed by atoms with Crippen LogP contribution in [0.25, 0.3) is 0 Å². The molecule has 2 aromatic rings. The zero-order chi connectivity index (χ0) is 19.8. The van der Waals surface area contributed by atoms with Crippen molar-refractivity contribution in [2.75, 3.05) is 32.8 Å². The molecular weight excluding hydrogens is 376 g/mol. The molecule has 2 amide bonds. The second kappa shape index (κ2) is 10.1. The van der Waals surface area contributed by atoms with Crippen LogP contribution in [-0.4, -0.2) is 54.4 Å². The summed E-state index contributed by atoms with van der Waals surface area (Å²) in [6, 6.07) is 16.7. The van der Waals surface area contributed by atoms with E-state index >= 15 is 0 Å². The molecule has 2 aromatic carbocycles. The summed E-state index contributed by atoms with van der Waals surface area (Å²) in [6.45, 7) is 2.89. The van der Waals surface area contributed by atoms with Gasteiger partial charge >= 0.3 is 0 Å². The number of nitrogens with zero attached hydrogens (tertiary/aromatic N) is 2. The van der Waals surface area contributed by atoms with E-state index in [1.54, 1.807) is 17.0 Å². The molecule has 1 fully saturated rings. The van der Waals surface area contributed by atoms with E-state index in [2.05, 4.69) is 0 Å². The summed E-state index contributed by atoms with van der Waals surface area (Å²) in [4.78, 5) is 28.9. The molecule has 0 spiro atoms. The number of carbonyl (C=O) groups is 2. The third-order valence-electron chi connectivity index (χ3n) is 4.79. The van der Waals surface area contributed by atoms with E-state index in [1.807, 2.05) is 47.4 Å². The zero-order valence-electron chi connectivity index (χ0n) is 15.9. The van der Waals surface area contributed by atoms with E-state index in [-0.39, 0.29) is 11.8 Å². The molecule has 5 nitrogen and oxygen atoms in total. The number of para-hydroxylation sites is 1. The van der Waals surface area contributed by atoms with Crippen LogP contribution >= 0.6 is 11.6 Å². The second-order valence-corrected chi connectivity index (χ2v) is 7.18. The van der Waals surface area contributed by atoms with Crippen molar-refractivity contribution < 1.29 is 14.3 Å². The van der Waals surface area contributed by atoms with Crippen molar-refractivity contribution in [2.24, 2.45) is 0 Å². The SMILES string of the molecule is O=C(CCCOc1ccccc1)N1CCCN(C(=O)c2ccccc2Cl)CC1. The lowest BCUT2D eigenvalue weighted by atomic mass is 10.2. The predicted octanol–water partition coefficient (Wildman–Crippen LogP) is 3.87. The minimum Gasteiger partial charge on any atom is -0.494 e. The Kier molecular flexibility index (Phi) is 7.31. The highest BCUT2D eigenvalue weighted by molar-refractivity contribution is 6.33. The molecule has 0 saturated carbocycles. The lowest BCUT2D eigenvalue weighted by Gasteiger charge is -2.22. The predicted molar refractivity (Wildman–Crippen MR) is 110 cm³/mol. The lowest BCUT2D eigenvalue weighted by Crippen LogP contribution is -2.37. The van der Waals surface area contributed by atoms with Gasteiger partial charge in [0, 0.05) is 32.6 Å². The Bertz CT molecular complexity index is 797. The van der Waals surface area contributed by atoms with Crippen LogP contribution in [-0.2, 0) is 4.79 Å². The molecule has 3 rings (SSSR count). The zero-order valence-corrected chi connectivity index (χ0v) is 16.6. The maximum atomic E-state index is 12.7. The summed E-state index contributed by atoms with van der Waals surface area (Å²) in [7, 11) is 0. The third kappa shape index (κ3) is 5.49. The van der Waals surface area contributed by atoms with Crippen LogP contribution in [0.15, 0.2) is 54.6 Å². The topological polar surface area (TPSA) is 49.9 Å². The Hall–Kier alpha value is -2.53. The standard InChI is InChI=1S/C22H25ClN2O3/c23-20-11-5-4-10-19(20)22(27)25-14-7-13-24(15-16-25)21(26)12-6-17-28-18-8-2-1-3-9-18/h1-5,8-11H,6-7,12-17H2. The van der Waals surface area contributed by atoms with Gasteiger partial charge in [-0.25, -0.2) is 0 Å². The molecule has 0 aromatic heterocycles. The highest BCUT2D eigenvalue weighted by Crippen LogP contribution is 2.18. The van der Waals surface area contributed by atoms with Gasteiger partial charge in [0.1, 0.15) is 5.75 Å². The fourth-order valence-corrected chi connectivity index (χ4v) is 3.48. The fourth-order valence-electron chi connectivity index (χ4n) is 3.26. The van der Waals surface area contributed by atoms with Crippen LogP contribution in [0.1, 0.15) is 29.6 Å². The van der Waals surface area contributed by atoms with E-state index < -0.39 is 0 Å². The van der Waals surface area contributed by atoms with Gasteiger partial charge in [0.15, 0.2) is 0 Å². The largest absolute Gasteiger partial charge is 0.494 e. The Morgan fingerprint density at radius 3 is 2.36 bits per heavy atom. The quantitative estimate of drug-likeness (QED) is 0.691. The van der Waals surface area contributed by atoms with E-state index in [0.717, 1.165) is 12.2 Å². The van der Waals surface area contributed by atoms with E-state index in [4.69, 9.17) is 16.3 Å². The number of halogens is 1. The average Bonchev–Trinajstić information content (AvgIpc) is 2.98. The molecule has 6 heteroatoms. The Morgan fingerprint density at radius 2 is 1.57 bits per heavy atom. The molecule has 0 bridgehead atoms. The highest BCUT2D eigenvalue weighted by Gasteiger charge is 2.23. The minimum absolute atomic E-state index is 0.0730. The van der Waals surface area contributed by atoms with Gasteiger partial charge in [-0.1, -0.05) is 41.9 Å². The number of rotatable bonds is 6. The molecule has 0 unspecified atom stereocenters. The van der Waals surface area contributed by atoms with Gasteiger partial charge in [-0.05, 0) is 37.1 Å². The van der Waals surface area contributed by atoms with Crippen LogP contribution < -0.4 is 4.74 Å². The van der Waals surface area contributed by atoms with E-state index in [9.17, 15) is 9.59 Å². The number of ether oxygens (including phenoxy) is 1. The molecule has 28 heavy (non-hydrogen) atoms. The summed E-state index contributed by atoms with van der Waals surface area (Å²) in [5.74, 6) is 0.860. The van der Waals surface area contributed by atoms with Crippen LogP contribution in [0.5, 0.6) is 5.75 Å². The van der Waals surface area contributed by atoms with Gasteiger partial charge in [0.25, 0.3) is 5.91 Å². The number of hydrogen-bond donors (Lipinski definition) is 0. The Labute approximate surface area is 170 Å². The molecule has 0 N–H and O–H groups in total. The van der Waals surface area contributed by atoms with Crippen molar-refractivity contribution in [2.45, 2.75) is 19.3 Å². The van der Waals surface area contributed by atoms with Gasteiger partial charge in [-0.15, -0.1) is 0 Å². The first kappa shape index (κ1) is 20.2. The lowest BCUT2D eigenvalue weighted by molar-refractivity contribution is -0.131. The Balaban J connectivity index is 1.44. The summed E-state index contributed by atoms with van der Waals surface area (Å²) < 4.78 is 5.64. The van der Waals surface area contributed by atoms with Crippen molar-refractivity contribution >= 4 is 23.4 Å². The maximum Gasteiger partial charge on any atom is 0.255 e. The number of carbonyl (C=O) groups excluding carboxylic acids is 2. The number of amides is 2. The second-order valence-electron chi connectivity index (χ2n) is 6.77. The van der Waals surface area contributed by atoms with Crippen LogP contribution in [0.4, 0.5) is 0 Å². The summed E-state index contributed by atoms with van der Waals surface area (Å²) in [6.07, 6.45) is 1.89. The summed E-state index contributed by atoms with van der Waals surface area (Å²) in [5, 5.41) is 0.461. The van der Waals surface area contributed by atoms with Crippen LogP contribution in [0, 0.1) is 0 Å². The van der Waals surface area contributed by atoms with Gasteiger partial charge in [-0.3, -0.25) is 9.59 Å². The van der Waals surface area contributed by atoms with Crippen LogP contribution in [0.3, 0.4) is 0 Å². The Morgan fingerprint density at radius 1 is 0.893 bits per heavy atom. The highest BCUT2D eigenvalue weighted by atomic mass is 35.5. The van der Waals surface area contributed by atoms with Crippen LogP contribution in [0.2, 0.25) is 5.02 Å². The monoisotopic (exact) mass is 400 g/mol. The van der Waals surface area contributed by atoms with Crippen molar-refractivity contribution in [3.63, 3.8) is 0 Å². The van der Waals surface area contributed by atoms with Gasteiger partial charge in [0.2, 0.25) is 5.91 Å². The summed E-state index contributed by atoms with van der Waals surface area (Å²) >= 11 is 6.15. The number of benzene rings is 2. The fraction of sp³-hybridized carbons (Fsp3) is 0.364. The first-order chi connectivity index (χ1) is 13.6. The van der Waals surface area contributed by atoms with Crippen molar-refractivity contribution in [3.05, 3.63) is 65.2 Å². The van der Waals surface area contributed by atoms with Gasteiger partial charge in [0.05, 0.1) is 17.2 Å². The molecule has 148 valence electrons. The first-order valence-corrected chi connectivity index (χ1v) is 10.0. The van der Waals surface area contributed by atoms with Gasteiger partial charge < -0.3 is 14.5 Å². The molecular formula is C22H25ClN2O3. The normalized spacial score (nSPS) is 14.5. The molecule has 1 aliphatic heterocycles. The summed E-state index contributed by atoms with van der Waals surface area (Å²) in [5.41, 5.74) is 0.516. The van der Waals surface area contributed by atoms with E-state index in [1.165, 1.54) is 0 Å². The minimum atomic E-state index is -0.0730. The molecule has 1 heterocycles. The van der Waals surface area contributed by atoms with Crippen molar-refractivity contribution in [1.29, 1.82) is 0 Å². The molecule has 0 atom stereocenters. The molecule has 1 aliphatic rings. The third-order valence-corrected chi connectivity index (χ3v) is 5.12. The molecule has 0 aliphatic carbocycles. The first-order valence-electron chi connectivity index (χ1n) is 9.64. The van der Waals surface area contributed by atoms with E-state index in [0.29, 0.717) is 56.2 Å². The molecule has 1 saturated heterocycles. The number of hydrogen-bond acceptors (Lipinski definition) is 3.